The van der Waals surface area contributed by atoms with E-state index in [9.17, 15) is 9.90 Å². The van der Waals surface area contributed by atoms with Crippen LogP contribution in [-0.2, 0) is 4.79 Å². The van der Waals surface area contributed by atoms with Crippen LogP contribution in [0.2, 0.25) is 0 Å². The van der Waals surface area contributed by atoms with Crippen molar-refractivity contribution in [1.82, 2.24) is 10.6 Å². The number of benzene rings is 1. The van der Waals surface area contributed by atoms with Gasteiger partial charge in [-0.3, -0.25) is 4.79 Å². The number of rotatable bonds is 4. The van der Waals surface area contributed by atoms with Gasteiger partial charge in [0.1, 0.15) is 0 Å². The minimum absolute atomic E-state index is 0.0304. The first-order valence-electron chi connectivity index (χ1n) is 6.09. The van der Waals surface area contributed by atoms with E-state index in [4.69, 9.17) is 0 Å². The van der Waals surface area contributed by atoms with Crippen LogP contribution in [0.5, 0.6) is 0 Å². The van der Waals surface area contributed by atoms with Gasteiger partial charge in [0.2, 0.25) is 5.91 Å². The van der Waals surface area contributed by atoms with Crippen molar-refractivity contribution in [2.75, 3.05) is 24.6 Å². The third-order valence-electron chi connectivity index (χ3n) is 2.89. The molecule has 2 unspecified atom stereocenters. The van der Waals surface area contributed by atoms with Crippen molar-refractivity contribution in [3.8, 4) is 0 Å². The lowest BCUT2D eigenvalue weighted by molar-refractivity contribution is -0.123. The van der Waals surface area contributed by atoms with Gasteiger partial charge >= 0.3 is 0 Å². The summed E-state index contributed by atoms with van der Waals surface area (Å²) >= 11 is 1.78. The first-order chi connectivity index (χ1) is 8.77. The highest BCUT2D eigenvalue weighted by atomic mass is 32.2. The fourth-order valence-electron chi connectivity index (χ4n) is 1.85. The molecule has 1 heterocycles. The van der Waals surface area contributed by atoms with Crippen molar-refractivity contribution in [3.05, 3.63) is 35.9 Å². The first-order valence-corrected chi connectivity index (χ1v) is 7.24. The van der Waals surface area contributed by atoms with Crippen LogP contribution >= 0.6 is 11.8 Å². The van der Waals surface area contributed by atoms with Gasteiger partial charge in [0.15, 0.2) is 0 Å². The average molecular weight is 266 g/mol. The van der Waals surface area contributed by atoms with Crippen LogP contribution in [0.3, 0.4) is 0 Å². The van der Waals surface area contributed by atoms with Crippen molar-refractivity contribution in [2.45, 2.75) is 12.1 Å². The number of thioether (sulfide) groups is 1. The molecule has 0 aliphatic carbocycles. The Morgan fingerprint density at radius 3 is 2.94 bits per heavy atom. The maximum absolute atomic E-state index is 11.8. The van der Waals surface area contributed by atoms with E-state index in [0.29, 0.717) is 0 Å². The highest BCUT2D eigenvalue weighted by Crippen LogP contribution is 2.11. The summed E-state index contributed by atoms with van der Waals surface area (Å²) in [5.74, 6) is 1.82. The maximum atomic E-state index is 11.8. The molecular formula is C13H18N2O2S. The zero-order valence-corrected chi connectivity index (χ0v) is 11.0. The van der Waals surface area contributed by atoms with Gasteiger partial charge in [-0.25, -0.2) is 0 Å². The molecule has 0 aromatic heterocycles. The van der Waals surface area contributed by atoms with Crippen LogP contribution in [-0.4, -0.2) is 41.7 Å². The predicted molar refractivity (Wildman–Crippen MR) is 73.5 cm³/mol. The van der Waals surface area contributed by atoms with Crippen molar-refractivity contribution in [2.24, 2.45) is 0 Å². The van der Waals surface area contributed by atoms with Crippen LogP contribution in [0.4, 0.5) is 0 Å². The summed E-state index contributed by atoms with van der Waals surface area (Å²) in [6, 6.07) is 9.22. The minimum atomic E-state index is -0.647. The highest BCUT2D eigenvalue weighted by Gasteiger charge is 2.21. The topological polar surface area (TPSA) is 61.4 Å². The molecule has 2 rings (SSSR count). The molecule has 1 amide bonds. The Bertz CT molecular complexity index is 380. The molecule has 1 aromatic carbocycles. The number of aliphatic hydroxyl groups excluding tert-OH is 1. The van der Waals surface area contributed by atoms with Crippen LogP contribution in [0.15, 0.2) is 30.3 Å². The molecule has 3 N–H and O–H groups in total. The van der Waals surface area contributed by atoms with Gasteiger partial charge in [-0.05, 0) is 5.56 Å². The van der Waals surface area contributed by atoms with E-state index in [1.54, 1.807) is 11.8 Å². The quantitative estimate of drug-likeness (QED) is 0.744. The molecule has 4 nitrogen and oxygen atoms in total. The van der Waals surface area contributed by atoms with E-state index in [-0.39, 0.29) is 18.5 Å². The second-order valence-electron chi connectivity index (χ2n) is 4.25. The molecule has 1 saturated heterocycles. The van der Waals surface area contributed by atoms with Crippen LogP contribution in [0, 0.1) is 0 Å². The molecule has 1 aliphatic rings. The normalized spacial score (nSPS) is 21.3. The molecule has 5 heteroatoms. The van der Waals surface area contributed by atoms with Gasteiger partial charge in [0.05, 0.1) is 12.1 Å². The van der Waals surface area contributed by atoms with Crippen LogP contribution < -0.4 is 10.6 Å². The Morgan fingerprint density at radius 2 is 2.28 bits per heavy atom. The summed E-state index contributed by atoms with van der Waals surface area (Å²) in [4.78, 5) is 11.8. The SMILES string of the molecule is O=C(NCC(O)c1ccccc1)C1CSCCN1. The Balaban J connectivity index is 1.78. The molecule has 0 bridgehead atoms. The summed E-state index contributed by atoms with van der Waals surface area (Å²) in [6.45, 7) is 1.12. The van der Waals surface area contributed by atoms with E-state index in [0.717, 1.165) is 23.6 Å². The number of carbonyl (C=O) groups is 1. The fraction of sp³-hybridized carbons (Fsp3) is 0.462. The van der Waals surface area contributed by atoms with E-state index < -0.39 is 6.10 Å². The van der Waals surface area contributed by atoms with Gasteiger partial charge in [0.25, 0.3) is 0 Å². The third kappa shape index (κ3) is 3.73. The monoisotopic (exact) mass is 266 g/mol. The van der Waals surface area contributed by atoms with Crippen molar-refractivity contribution in [3.63, 3.8) is 0 Å². The number of aliphatic hydroxyl groups is 1. The van der Waals surface area contributed by atoms with Crippen molar-refractivity contribution < 1.29 is 9.90 Å². The number of nitrogens with one attached hydrogen (secondary N) is 2. The summed E-state index contributed by atoms with van der Waals surface area (Å²) in [6.07, 6.45) is -0.647. The predicted octanol–water partition coefficient (Wildman–Crippen LogP) is 0.541. The first kappa shape index (κ1) is 13.4. The molecule has 1 fully saturated rings. The van der Waals surface area contributed by atoms with E-state index >= 15 is 0 Å². The van der Waals surface area contributed by atoms with Crippen LogP contribution in [0.25, 0.3) is 0 Å². The van der Waals surface area contributed by atoms with Gasteiger partial charge in [0, 0.05) is 24.6 Å². The van der Waals surface area contributed by atoms with Gasteiger partial charge in [-0.15, -0.1) is 0 Å². The minimum Gasteiger partial charge on any atom is -0.387 e. The molecule has 18 heavy (non-hydrogen) atoms. The number of carbonyl (C=O) groups excluding carboxylic acids is 1. The molecule has 0 saturated carbocycles. The molecule has 0 spiro atoms. The van der Waals surface area contributed by atoms with Gasteiger partial charge < -0.3 is 15.7 Å². The summed E-state index contributed by atoms with van der Waals surface area (Å²) in [7, 11) is 0. The summed E-state index contributed by atoms with van der Waals surface area (Å²) in [5.41, 5.74) is 0.823. The molecule has 98 valence electrons. The zero-order valence-electron chi connectivity index (χ0n) is 10.1. The Morgan fingerprint density at radius 1 is 1.50 bits per heavy atom. The fourth-order valence-corrected chi connectivity index (χ4v) is 2.78. The third-order valence-corrected chi connectivity index (χ3v) is 3.95. The Hall–Kier alpha value is -1.04. The van der Waals surface area contributed by atoms with Gasteiger partial charge in [-0.2, -0.15) is 11.8 Å². The maximum Gasteiger partial charge on any atom is 0.238 e. The van der Waals surface area contributed by atoms with Crippen molar-refractivity contribution in [1.29, 1.82) is 0 Å². The highest BCUT2D eigenvalue weighted by molar-refractivity contribution is 7.99. The number of amides is 1. The lowest BCUT2D eigenvalue weighted by atomic mass is 10.1. The number of hydrogen-bond acceptors (Lipinski definition) is 4. The number of hydrogen-bond donors (Lipinski definition) is 3. The molecule has 1 aliphatic heterocycles. The molecule has 0 radical (unpaired) electrons. The smallest absolute Gasteiger partial charge is 0.238 e. The second-order valence-corrected chi connectivity index (χ2v) is 5.40. The lowest BCUT2D eigenvalue weighted by Crippen LogP contribution is -2.49. The Kier molecular flexibility index (Phi) is 5.04. The molecule has 2 atom stereocenters. The zero-order chi connectivity index (χ0) is 12.8. The standard InChI is InChI=1S/C13H18N2O2S/c16-12(10-4-2-1-3-5-10)8-15-13(17)11-9-18-7-6-14-11/h1-5,11-12,14,16H,6-9H2,(H,15,17). The molecule has 1 aromatic rings. The Labute approximate surface area is 111 Å². The summed E-state index contributed by atoms with van der Waals surface area (Å²) in [5, 5.41) is 15.9. The largest absolute Gasteiger partial charge is 0.387 e. The second kappa shape index (κ2) is 6.78. The van der Waals surface area contributed by atoms with Crippen LogP contribution in [0.1, 0.15) is 11.7 Å². The van der Waals surface area contributed by atoms with E-state index in [1.165, 1.54) is 0 Å². The molecular weight excluding hydrogens is 248 g/mol. The van der Waals surface area contributed by atoms with Gasteiger partial charge in [-0.1, -0.05) is 30.3 Å². The summed E-state index contributed by atoms with van der Waals surface area (Å²) < 4.78 is 0. The van der Waals surface area contributed by atoms with E-state index in [1.807, 2.05) is 30.3 Å². The lowest BCUT2D eigenvalue weighted by Gasteiger charge is -2.23. The van der Waals surface area contributed by atoms with Crippen molar-refractivity contribution >= 4 is 17.7 Å². The van der Waals surface area contributed by atoms with E-state index in [2.05, 4.69) is 10.6 Å². The average Bonchev–Trinajstić information content (AvgIpc) is 2.46.